The fraction of sp³-hybridized carbons (Fsp3) is 0.643. The molecular weight excluding hydrogens is 672 g/mol. The van der Waals surface area contributed by atoms with Gasteiger partial charge >= 0.3 is 5.97 Å². The maximum Gasteiger partial charge on any atom is 0.306 e. The number of benzene rings is 2. The summed E-state index contributed by atoms with van der Waals surface area (Å²) in [4.78, 5) is 48.7. The second kappa shape index (κ2) is 16.8. The summed E-state index contributed by atoms with van der Waals surface area (Å²) in [5, 5.41) is 18.4. The lowest BCUT2D eigenvalue weighted by Crippen LogP contribution is -2.62. The van der Waals surface area contributed by atoms with E-state index in [1.165, 1.54) is 6.42 Å². The summed E-state index contributed by atoms with van der Waals surface area (Å²) in [6, 6.07) is 10.6. The Morgan fingerprint density at radius 3 is 2.45 bits per heavy atom. The van der Waals surface area contributed by atoms with Gasteiger partial charge in [-0.05, 0) is 79.0 Å². The number of hydrogen-bond acceptors (Lipinski definition) is 9. The molecule has 2 bridgehead atoms. The van der Waals surface area contributed by atoms with Crippen LogP contribution in [0.25, 0.3) is 11.1 Å². The van der Waals surface area contributed by atoms with Crippen molar-refractivity contribution < 1.29 is 33.8 Å². The van der Waals surface area contributed by atoms with Gasteiger partial charge in [0.1, 0.15) is 24.0 Å². The molecule has 292 valence electrons. The van der Waals surface area contributed by atoms with Crippen molar-refractivity contribution in [2.24, 2.45) is 35.0 Å². The van der Waals surface area contributed by atoms with E-state index in [0.29, 0.717) is 41.4 Å². The largest absolute Gasteiger partial charge is 0.496 e. The molecule has 11 nitrogen and oxygen atoms in total. The fourth-order valence-corrected chi connectivity index (χ4v) is 9.11. The van der Waals surface area contributed by atoms with Crippen molar-refractivity contribution in [2.75, 3.05) is 39.8 Å². The normalized spacial score (nSPS) is 26.8. The van der Waals surface area contributed by atoms with Crippen LogP contribution in [0.15, 0.2) is 36.4 Å². The highest BCUT2D eigenvalue weighted by atomic mass is 16.7. The molecule has 0 aromatic heterocycles. The molecule has 3 aliphatic carbocycles. The third-order valence-corrected chi connectivity index (χ3v) is 12.4. The lowest BCUT2D eigenvalue weighted by molar-refractivity contribution is -0.183. The Hall–Kier alpha value is -3.67. The zero-order chi connectivity index (χ0) is 38.8. The molecule has 0 radical (unpaired) electrons. The second-order valence-corrected chi connectivity index (χ2v) is 16.7. The molecule has 4 fully saturated rings. The fourth-order valence-electron chi connectivity index (χ4n) is 9.11. The van der Waals surface area contributed by atoms with Crippen LogP contribution in [0.3, 0.4) is 0 Å². The molecule has 3 N–H and O–H groups in total. The SMILES string of the molecule is CNC(=O)c1cc(-c2cccc(CN3O[C@@H](CO)[C@@H]([C@H](C)OC(=O)CCCC(C)C)[C@H]3C(=O)N[C@H]3C[C@H]4C[C@@H]([C@@H]3C)C4(C)C)c2OC)cc(N(C)C)c1. The number of nitrogens with one attached hydrogen (secondary N) is 2. The topological polar surface area (TPSA) is 130 Å². The molecule has 11 heteroatoms. The molecule has 1 saturated heterocycles. The molecule has 1 aliphatic heterocycles. The van der Waals surface area contributed by atoms with Crippen molar-refractivity contribution in [3.8, 4) is 16.9 Å². The van der Waals surface area contributed by atoms with Crippen molar-refractivity contribution >= 4 is 23.5 Å². The van der Waals surface area contributed by atoms with E-state index in [1.54, 1.807) is 26.1 Å². The molecule has 0 spiro atoms. The summed E-state index contributed by atoms with van der Waals surface area (Å²) in [6.45, 7) is 12.8. The number of fused-ring (bicyclic) bond motifs is 2. The van der Waals surface area contributed by atoms with Crippen molar-refractivity contribution in [3.63, 3.8) is 0 Å². The van der Waals surface area contributed by atoms with Crippen molar-refractivity contribution in [1.82, 2.24) is 15.7 Å². The number of para-hydroxylation sites is 1. The lowest BCUT2D eigenvalue weighted by Gasteiger charge is -2.62. The highest BCUT2D eigenvalue weighted by molar-refractivity contribution is 5.97. The highest BCUT2D eigenvalue weighted by Crippen LogP contribution is 2.61. The molecule has 3 saturated carbocycles. The van der Waals surface area contributed by atoms with Crippen LogP contribution in [-0.4, -0.2) is 87.1 Å². The van der Waals surface area contributed by atoms with Crippen LogP contribution in [-0.2, 0) is 25.7 Å². The highest BCUT2D eigenvalue weighted by Gasteiger charge is 2.57. The molecule has 1 heterocycles. The van der Waals surface area contributed by atoms with Crippen LogP contribution in [0.2, 0.25) is 0 Å². The Morgan fingerprint density at radius 1 is 1.11 bits per heavy atom. The number of hydroxylamine groups is 2. The predicted molar refractivity (Wildman–Crippen MR) is 206 cm³/mol. The van der Waals surface area contributed by atoms with Gasteiger partial charge in [-0.2, -0.15) is 5.06 Å². The third kappa shape index (κ3) is 8.52. The minimum Gasteiger partial charge on any atom is -0.496 e. The summed E-state index contributed by atoms with van der Waals surface area (Å²) in [5.74, 6) is 1.11. The molecule has 2 aromatic rings. The summed E-state index contributed by atoms with van der Waals surface area (Å²) in [7, 11) is 7.05. The number of carbonyl (C=O) groups excluding carboxylic acids is 3. The number of nitrogens with zero attached hydrogens (tertiary/aromatic N) is 2. The van der Waals surface area contributed by atoms with Crippen LogP contribution in [0.4, 0.5) is 5.69 Å². The average molecular weight is 735 g/mol. The quantitative estimate of drug-likeness (QED) is 0.194. The molecule has 2 aromatic carbocycles. The van der Waals surface area contributed by atoms with Gasteiger partial charge in [0.05, 0.1) is 26.2 Å². The minimum absolute atomic E-state index is 0.0141. The maximum absolute atomic E-state index is 14.6. The first-order chi connectivity index (χ1) is 25.1. The number of hydrogen-bond donors (Lipinski definition) is 3. The predicted octanol–water partition coefficient (Wildman–Crippen LogP) is 5.83. The van der Waals surface area contributed by atoms with Crippen molar-refractivity contribution in [2.45, 2.75) is 104 Å². The second-order valence-electron chi connectivity index (χ2n) is 16.7. The van der Waals surface area contributed by atoms with E-state index in [4.69, 9.17) is 14.3 Å². The van der Waals surface area contributed by atoms with E-state index in [1.807, 2.05) is 55.4 Å². The summed E-state index contributed by atoms with van der Waals surface area (Å²) in [5.41, 5.74) is 3.95. The van der Waals surface area contributed by atoms with Crippen LogP contribution < -0.4 is 20.3 Å². The Kier molecular flexibility index (Phi) is 12.8. The molecule has 6 rings (SSSR count). The first kappa shape index (κ1) is 40.5. The Balaban J connectivity index is 1.47. The van der Waals surface area contributed by atoms with E-state index in [9.17, 15) is 19.5 Å². The Bertz CT molecular complexity index is 1630. The van der Waals surface area contributed by atoms with Gasteiger partial charge in [0.15, 0.2) is 0 Å². The number of methoxy groups -OCH3 is 1. The van der Waals surface area contributed by atoms with E-state index in [-0.39, 0.29) is 42.4 Å². The molecule has 53 heavy (non-hydrogen) atoms. The van der Waals surface area contributed by atoms with Gasteiger partial charge in [0.2, 0.25) is 5.91 Å². The number of carbonyl (C=O) groups is 3. The smallest absolute Gasteiger partial charge is 0.306 e. The Morgan fingerprint density at radius 2 is 1.85 bits per heavy atom. The van der Waals surface area contributed by atoms with Crippen molar-refractivity contribution in [3.05, 3.63) is 47.5 Å². The van der Waals surface area contributed by atoms with E-state index in [2.05, 4.69) is 45.3 Å². The number of aliphatic hydroxyl groups is 1. The monoisotopic (exact) mass is 734 g/mol. The van der Waals surface area contributed by atoms with Gasteiger partial charge in [-0.15, -0.1) is 0 Å². The first-order valence-electron chi connectivity index (χ1n) is 19.4. The first-order valence-corrected chi connectivity index (χ1v) is 19.4. The van der Waals surface area contributed by atoms with E-state index >= 15 is 0 Å². The van der Waals surface area contributed by atoms with Gasteiger partial charge in [0.25, 0.3) is 5.91 Å². The zero-order valence-corrected chi connectivity index (χ0v) is 33.4. The number of esters is 1. The number of anilines is 1. The minimum atomic E-state index is -0.852. The van der Waals surface area contributed by atoms with E-state index < -0.39 is 24.2 Å². The standard InChI is InChI=1S/C42H62N4O7/c1-24(2)13-11-16-36(48)52-26(4)37-35(23-47)53-46(38(37)41(50)44-34-21-30-20-33(25(34)3)42(30,5)6)22-27-14-12-15-32(39(27)51-10)28-17-29(40(49)43-7)19-31(18-28)45(8)9/h12,14-15,17-19,24-26,30,33-35,37-38,47H,11,13,16,20-23H2,1-10H3,(H,43,49)(H,44,50)/t25-,26-,30+,33-,34-,35-,37+,38-/m0/s1. The van der Waals surface area contributed by atoms with Gasteiger partial charge in [-0.1, -0.05) is 59.2 Å². The van der Waals surface area contributed by atoms with Gasteiger partial charge in [-0.25, -0.2) is 0 Å². The van der Waals surface area contributed by atoms with Gasteiger partial charge in [-0.3, -0.25) is 19.2 Å². The molecule has 2 amide bonds. The van der Waals surface area contributed by atoms with Crippen LogP contribution in [0, 0.1) is 35.0 Å². The number of amides is 2. The molecule has 4 aliphatic rings. The molecule has 0 unspecified atom stereocenters. The number of aliphatic hydroxyl groups excluding tert-OH is 1. The number of rotatable bonds is 15. The van der Waals surface area contributed by atoms with E-state index in [0.717, 1.165) is 41.6 Å². The summed E-state index contributed by atoms with van der Waals surface area (Å²) in [6.07, 6.45) is 2.57. The molecular formula is C42H62N4O7. The third-order valence-electron chi connectivity index (χ3n) is 12.4. The number of ether oxygens (including phenoxy) is 2. The van der Waals surface area contributed by atoms with Gasteiger partial charge < -0.3 is 30.1 Å². The summed E-state index contributed by atoms with van der Waals surface area (Å²) < 4.78 is 12.0. The van der Waals surface area contributed by atoms with Crippen LogP contribution >= 0.6 is 0 Å². The molecule has 8 atom stereocenters. The van der Waals surface area contributed by atoms with Crippen LogP contribution in [0.5, 0.6) is 5.75 Å². The average Bonchev–Trinajstić information content (AvgIpc) is 3.49. The Labute approximate surface area is 316 Å². The van der Waals surface area contributed by atoms with Crippen molar-refractivity contribution in [1.29, 1.82) is 0 Å². The zero-order valence-electron chi connectivity index (χ0n) is 33.4. The van der Waals surface area contributed by atoms with Gasteiger partial charge in [0, 0.05) is 56.0 Å². The lowest BCUT2D eigenvalue weighted by atomic mass is 9.45. The summed E-state index contributed by atoms with van der Waals surface area (Å²) >= 11 is 0. The maximum atomic E-state index is 14.6. The van der Waals surface area contributed by atoms with Crippen LogP contribution in [0.1, 0.15) is 89.6 Å².